The van der Waals surface area contributed by atoms with E-state index in [1.165, 1.54) is 0 Å². The zero-order valence-corrected chi connectivity index (χ0v) is 10.5. The highest BCUT2D eigenvalue weighted by molar-refractivity contribution is 5.94. The smallest absolute Gasteiger partial charge is 0.159 e. The Labute approximate surface area is 107 Å². The third kappa shape index (κ3) is 2.69. The van der Waals surface area contributed by atoms with Crippen LogP contribution in [0.2, 0.25) is 0 Å². The van der Waals surface area contributed by atoms with E-state index in [4.69, 9.17) is 5.73 Å². The summed E-state index contributed by atoms with van der Waals surface area (Å²) >= 11 is 0. The molecule has 0 saturated carbocycles. The number of aryl methyl sites for hydroxylation is 1. The second-order valence-electron chi connectivity index (χ2n) is 4.35. The molecule has 0 aromatic heterocycles. The summed E-state index contributed by atoms with van der Waals surface area (Å²) < 4.78 is 0. The molecule has 0 aliphatic carbocycles. The third-order valence-electron chi connectivity index (χ3n) is 2.78. The first-order valence-corrected chi connectivity index (χ1v) is 5.80. The first kappa shape index (κ1) is 12.2. The summed E-state index contributed by atoms with van der Waals surface area (Å²) in [5.74, 6) is 0.0661. The van der Waals surface area contributed by atoms with Crippen LogP contribution in [-0.2, 0) is 0 Å². The topological polar surface area (TPSA) is 55.1 Å². The second-order valence-corrected chi connectivity index (χ2v) is 4.35. The van der Waals surface area contributed by atoms with Gasteiger partial charge in [-0.3, -0.25) is 4.79 Å². The van der Waals surface area contributed by atoms with Crippen molar-refractivity contribution in [2.75, 3.05) is 11.1 Å². The van der Waals surface area contributed by atoms with Crippen LogP contribution in [0, 0.1) is 6.92 Å². The lowest BCUT2D eigenvalue weighted by Crippen LogP contribution is -1.97. The van der Waals surface area contributed by atoms with Gasteiger partial charge in [0.05, 0.1) is 11.4 Å². The van der Waals surface area contributed by atoms with Gasteiger partial charge >= 0.3 is 0 Å². The molecule has 0 saturated heterocycles. The van der Waals surface area contributed by atoms with Gasteiger partial charge in [0.25, 0.3) is 0 Å². The van der Waals surface area contributed by atoms with Gasteiger partial charge in [-0.05, 0) is 55.8 Å². The van der Waals surface area contributed by atoms with Crippen molar-refractivity contribution in [2.24, 2.45) is 0 Å². The highest BCUT2D eigenvalue weighted by Crippen LogP contribution is 2.24. The molecule has 0 radical (unpaired) electrons. The predicted octanol–water partition coefficient (Wildman–Crippen LogP) is 3.52. The number of carbonyl (C=O) groups excluding carboxylic acids is 1. The highest BCUT2D eigenvalue weighted by atomic mass is 16.1. The molecule has 2 rings (SSSR count). The number of Topliss-reactive ketones (excluding diaryl/α,β-unsaturated/α-hetero) is 1. The van der Waals surface area contributed by atoms with Gasteiger partial charge in [0, 0.05) is 11.3 Å². The molecule has 92 valence electrons. The van der Waals surface area contributed by atoms with Crippen molar-refractivity contribution in [1.29, 1.82) is 0 Å². The molecular formula is C15H16N2O. The Bertz CT molecular complexity index is 574. The van der Waals surface area contributed by atoms with E-state index in [1.807, 2.05) is 37.3 Å². The van der Waals surface area contributed by atoms with Crippen LogP contribution < -0.4 is 11.1 Å². The van der Waals surface area contributed by atoms with Crippen LogP contribution in [0.3, 0.4) is 0 Å². The van der Waals surface area contributed by atoms with Crippen LogP contribution in [-0.4, -0.2) is 5.78 Å². The van der Waals surface area contributed by atoms with Crippen LogP contribution in [0.5, 0.6) is 0 Å². The number of carbonyl (C=O) groups is 1. The number of nitrogen functional groups attached to an aromatic ring is 1. The maximum Gasteiger partial charge on any atom is 0.159 e. The summed E-state index contributed by atoms with van der Waals surface area (Å²) in [7, 11) is 0. The number of rotatable bonds is 3. The number of nitrogens with two attached hydrogens (primary N) is 1. The molecule has 0 heterocycles. The lowest BCUT2D eigenvalue weighted by atomic mass is 10.1. The number of hydrogen-bond donors (Lipinski definition) is 2. The molecule has 0 atom stereocenters. The number of anilines is 3. The standard InChI is InChI=1S/C15H16N2O/c1-10-3-8-15(14(16)9-10)17-13-6-4-12(5-7-13)11(2)18/h3-9,17H,16H2,1-2H3. The average molecular weight is 240 g/mol. The van der Waals surface area contributed by atoms with Crippen LogP contribution in [0.15, 0.2) is 42.5 Å². The Morgan fingerprint density at radius 3 is 2.33 bits per heavy atom. The van der Waals surface area contributed by atoms with Crippen LogP contribution in [0.4, 0.5) is 17.1 Å². The van der Waals surface area contributed by atoms with Crippen LogP contribution in [0.25, 0.3) is 0 Å². The summed E-state index contributed by atoms with van der Waals surface area (Å²) in [6.45, 7) is 3.56. The number of ketones is 1. The molecule has 2 aromatic carbocycles. The molecule has 3 heteroatoms. The van der Waals surface area contributed by atoms with E-state index >= 15 is 0 Å². The minimum atomic E-state index is 0.0661. The maximum absolute atomic E-state index is 11.2. The van der Waals surface area contributed by atoms with E-state index in [0.29, 0.717) is 11.3 Å². The van der Waals surface area contributed by atoms with Gasteiger partial charge in [0.15, 0.2) is 5.78 Å². The van der Waals surface area contributed by atoms with Gasteiger partial charge in [-0.2, -0.15) is 0 Å². The Morgan fingerprint density at radius 2 is 1.78 bits per heavy atom. The predicted molar refractivity (Wildman–Crippen MR) is 75.3 cm³/mol. The molecule has 0 bridgehead atoms. The van der Waals surface area contributed by atoms with Crippen molar-refractivity contribution in [2.45, 2.75) is 13.8 Å². The van der Waals surface area contributed by atoms with Gasteiger partial charge in [0.1, 0.15) is 0 Å². The normalized spacial score (nSPS) is 10.1. The number of benzene rings is 2. The molecule has 0 aliphatic rings. The van der Waals surface area contributed by atoms with Crippen LogP contribution >= 0.6 is 0 Å². The zero-order chi connectivity index (χ0) is 13.1. The van der Waals surface area contributed by atoms with Crippen molar-refractivity contribution in [3.63, 3.8) is 0 Å². The van der Waals surface area contributed by atoms with E-state index in [0.717, 1.165) is 16.9 Å². The van der Waals surface area contributed by atoms with E-state index in [-0.39, 0.29) is 5.78 Å². The van der Waals surface area contributed by atoms with Crippen molar-refractivity contribution < 1.29 is 4.79 Å². The molecule has 0 unspecified atom stereocenters. The van der Waals surface area contributed by atoms with Gasteiger partial charge < -0.3 is 11.1 Å². The first-order valence-electron chi connectivity index (χ1n) is 5.80. The lowest BCUT2D eigenvalue weighted by Gasteiger charge is -2.10. The van der Waals surface area contributed by atoms with Crippen molar-refractivity contribution in [1.82, 2.24) is 0 Å². The van der Waals surface area contributed by atoms with E-state index < -0.39 is 0 Å². The largest absolute Gasteiger partial charge is 0.397 e. The summed E-state index contributed by atoms with van der Waals surface area (Å²) in [6.07, 6.45) is 0. The minimum absolute atomic E-state index is 0.0661. The first-order chi connectivity index (χ1) is 8.56. The molecule has 3 nitrogen and oxygen atoms in total. The van der Waals surface area contributed by atoms with Crippen molar-refractivity contribution >= 4 is 22.8 Å². The number of hydrogen-bond acceptors (Lipinski definition) is 3. The fraction of sp³-hybridized carbons (Fsp3) is 0.133. The van der Waals surface area contributed by atoms with Gasteiger partial charge in [-0.25, -0.2) is 0 Å². The second kappa shape index (κ2) is 4.92. The van der Waals surface area contributed by atoms with Crippen molar-refractivity contribution in [3.8, 4) is 0 Å². The maximum atomic E-state index is 11.2. The third-order valence-corrected chi connectivity index (χ3v) is 2.78. The molecule has 0 fully saturated rings. The average Bonchev–Trinajstić information content (AvgIpc) is 2.33. The Balaban J connectivity index is 2.21. The summed E-state index contributed by atoms with van der Waals surface area (Å²) in [6, 6.07) is 13.2. The molecule has 18 heavy (non-hydrogen) atoms. The molecular weight excluding hydrogens is 224 g/mol. The van der Waals surface area contributed by atoms with E-state index in [2.05, 4.69) is 5.32 Å². The molecule has 2 aromatic rings. The molecule has 3 N–H and O–H groups in total. The zero-order valence-electron chi connectivity index (χ0n) is 10.5. The summed E-state index contributed by atoms with van der Waals surface area (Å²) in [5, 5.41) is 3.23. The van der Waals surface area contributed by atoms with Crippen LogP contribution in [0.1, 0.15) is 22.8 Å². The lowest BCUT2D eigenvalue weighted by molar-refractivity contribution is 0.101. The minimum Gasteiger partial charge on any atom is -0.397 e. The van der Waals surface area contributed by atoms with Gasteiger partial charge in [0.2, 0.25) is 0 Å². The number of nitrogens with one attached hydrogen (secondary N) is 1. The fourth-order valence-electron chi connectivity index (χ4n) is 1.74. The van der Waals surface area contributed by atoms with Gasteiger partial charge in [-0.1, -0.05) is 6.07 Å². The summed E-state index contributed by atoms with van der Waals surface area (Å²) in [4.78, 5) is 11.2. The SMILES string of the molecule is CC(=O)c1ccc(Nc2ccc(C)cc2N)cc1. The van der Waals surface area contributed by atoms with Gasteiger partial charge in [-0.15, -0.1) is 0 Å². The molecule has 0 aliphatic heterocycles. The molecule has 0 spiro atoms. The van der Waals surface area contributed by atoms with E-state index in [9.17, 15) is 4.79 Å². The monoisotopic (exact) mass is 240 g/mol. The molecule has 0 amide bonds. The Kier molecular flexibility index (Phi) is 3.33. The van der Waals surface area contributed by atoms with E-state index in [1.54, 1.807) is 19.1 Å². The summed E-state index contributed by atoms with van der Waals surface area (Å²) in [5.41, 5.74) is 10.3. The Morgan fingerprint density at radius 1 is 1.11 bits per heavy atom. The quantitative estimate of drug-likeness (QED) is 0.637. The fourth-order valence-corrected chi connectivity index (χ4v) is 1.74. The highest BCUT2D eigenvalue weighted by Gasteiger charge is 2.01. The Hall–Kier alpha value is -2.29. The van der Waals surface area contributed by atoms with Crippen molar-refractivity contribution in [3.05, 3.63) is 53.6 Å².